The van der Waals surface area contributed by atoms with Gasteiger partial charge in [0.25, 0.3) is 0 Å². The number of benzene rings is 1. The van der Waals surface area contributed by atoms with Crippen molar-refractivity contribution in [1.29, 1.82) is 0 Å². The third-order valence-electron chi connectivity index (χ3n) is 3.14. The second-order valence-electron chi connectivity index (χ2n) is 4.43. The van der Waals surface area contributed by atoms with Gasteiger partial charge in [-0.05, 0) is 36.8 Å². The molecule has 0 saturated carbocycles. The molecule has 0 saturated heterocycles. The van der Waals surface area contributed by atoms with Crippen LogP contribution in [0.2, 0.25) is 0 Å². The number of furan rings is 1. The number of aromatic nitrogens is 2. The first-order valence-corrected chi connectivity index (χ1v) is 5.91. The standard InChI is InChI=1S/C14H15N3O/c1-9-3-6-13(18-9)14-16-11-5-4-10(8-15)7-12(11)17(14)2/h3-7H,8,15H2,1-2H3. The molecule has 0 bridgehead atoms. The van der Waals surface area contributed by atoms with E-state index in [9.17, 15) is 0 Å². The second kappa shape index (κ2) is 3.99. The zero-order chi connectivity index (χ0) is 12.7. The molecule has 1 aromatic carbocycles. The van der Waals surface area contributed by atoms with Gasteiger partial charge in [-0.25, -0.2) is 4.98 Å². The lowest BCUT2D eigenvalue weighted by atomic mass is 10.2. The average molecular weight is 241 g/mol. The fourth-order valence-electron chi connectivity index (χ4n) is 2.14. The molecule has 0 unspecified atom stereocenters. The van der Waals surface area contributed by atoms with Crippen LogP contribution in [0.5, 0.6) is 0 Å². The highest BCUT2D eigenvalue weighted by Crippen LogP contribution is 2.25. The molecule has 2 heterocycles. The smallest absolute Gasteiger partial charge is 0.176 e. The van der Waals surface area contributed by atoms with Crippen LogP contribution in [0.25, 0.3) is 22.6 Å². The van der Waals surface area contributed by atoms with Crippen molar-refractivity contribution in [1.82, 2.24) is 9.55 Å². The summed E-state index contributed by atoms with van der Waals surface area (Å²) in [6.45, 7) is 2.47. The van der Waals surface area contributed by atoms with E-state index in [1.165, 1.54) is 0 Å². The summed E-state index contributed by atoms with van der Waals surface area (Å²) in [7, 11) is 1.99. The number of imidazole rings is 1. The average Bonchev–Trinajstić information content (AvgIpc) is 2.94. The fourth-order valence-corrected chi connectivity index (χ4v) is 2.14. The molecule has 18 heavy (non-hydrogen) atoms. The molecule has 4 heteroatoms. The molecular weight excluding hydrogens is 226 g/mol. The molecule has 0 spiro atoms. The molecule has 2 N–H and O–H groups in total. The summed E-state index contributed by atoms with van der Waals surface area (Å²) in [6.07, 6.45) is 0. The fraction of sp³-hybridized carbons (Fsp3) is 0.214. The Morgan fingerprint density at radius 2 is 2.11 bits per heavy atom. The summed E-state index contributed by atoms with van der Waals surface area (Å²) in [5, 5.41) is 0. The molecule has 0 aliphatic carbocycles. The lowest BCUT2D eigenvalue weighted by Gasteiger charge is -2.00. The van der Waals surface area contributed by atoms with Gasteiger partial charge < -0.3 is 14.7 Å². The molecule has 0 aliphatic rings. The van der Waals surface area contributed by atoms with Gasteiger partial charge in [0.15, 0.2) is 11.6 Å². The summed E-state index contributed by atoms with van der Waals surface area (Å²) in [5.41, 5.74) is 8.80. The Hall–Kier alpha value is -2.07. The summed E-state index contributed by atoms with van der Waals surface area (Å²) in [5.74, 6) is 2.52. The highest BCUT2D eigenvalue weighted by molar-refractivity contribution is 5.80. The zero-order valence-electron chi connectivity index (χ0n) is 10.5. The van der Waals surface area contributed by atoms with Crippen LogP contribution in [-0.4, -0.2) is 9.55 Å². The van der Waals surface area contributed by atoms with Gasteiger partial charge in [-0.1, -0.05) is 6.07 Å². The van der Waals surface area contributed by atoms with E-state index in [0.29, 0.717) is 6.54 Å². The van der Waals surface area contributed by atoms with E-state index in [2.05, 4.69) is 11.1 Å². The highest BCUT2D eigenvalue weighted by Gasteiger charge is 2.12. The van der Waals surface area contributed by atoms with Gasteiger partial charge in [0.1, 0.15) is 5.76 Å². The Kier molecular flexibility index (Phi) is 2.45. The Bertz CT molecular complexity index is 709. The first kappa shape index (κ1) is 11.0. The quantitative estimate of drug-likeness (QED) is 0.750. The van der Waals surface area contributed by atoms with Gasteiger partial charge in [-0.15, -0.1) is 0 Å². The van der Waals surface area contributed by atoms with Crippen LogP contribution in [0.4, 0.5) is 0 Å². The lowest BCUT2D eigenvalue weighted by Crippen LogP contribution is -1.96. The monoisotopic (exact) mass is 241 g/mol. The van der Waals surface area contributed by atoms with E-state index in [1.54, 1.807) is 0 Å². The van der Waals surface area contributed by atoms with Crippen molar-refractivity contribution in [2.75, 3.05) is 0 Å². The van der Waals surface area contributed by atoms with Crippen molar-refractivity contribution in [3.05, 3.63) is 41.7 Å². The summed E-state index contributed by atoms with van der Waals surface area (Å²) in [6, 6.07) is 9.96. The first-order valence-electron chi connectivity index (χ1n) is 5.91. The van der Waals surface area contributed by atoms with E-state index in [-0.39, 0.29) is 0 Å². The normalized spacial score (nSPS) is 11.3. The second-order valence-corrected chi connectivity index (χ2v) is 4.43. The van der Waals surface area contributed by atoms with Crippen molar-refractivity contribution in [2.45, 2.75) is 13.5 Å². The van der Waals surface area contributed by atoms with Crippen LogP contribution >= 0.6 is 0 Å². The van der Waals surface area contributed by atoms with Gasteiger partial charge in [-0.2, -0.15) is 0 Å². The number of rotatable bonds is 2. The molecule has 3 aromatic rings. The Labute approximate surface area is 105 Å². The maximum Gasteiger partial charge on any atom is 0.176 e. The zero-order valence-corrected chi connectivity index (χ0v) is 10.5. The maximum atomic E-state index is 5.66. The predicted octanol–water partition coefficient (Wildman–Crippen LogP) is 2.60. The van der Waals surface area contributed by atoms with Crippen molar-refractivity contribution >= 4 is 11.0 Å². The molecule has 92 valence electrons. The molecule has 4 nitrogen and oxygen atoms in total. The summed E-state index contributed by atoms with van der Waals surface area (Å²) < 4.78 is 7.66. The molecule has 0 atom stereocenters. The van der Waals surface area contributed by atoms with Crippen LogP contribution in [0.3, 0.4) is 0 Å². The molecule has 2 aromatic heterocycles. The molecular formula is C14H15N3O. The van der Waals surface area contributed by atoms with Gasteiger partial charge in [0, 0.05) is 13.6 Å². The molecule has 0 radical (unpaired) electrons. The summed E-state index contributed by atoms with van der Waals surface area (Å²) >= 11 is 0. The number of hydrogen-bond acceptors (Lipinski definition) is 3. The van der Waals surface area contributed by atoms with Gasteiger partial charge in [0.2, 0.25) is 0 Å². The largest absolute Gasteiger partial charge is 0.458 e. The summed E-state index contributed by atoms with van der Waals surface area (Å²) in [4.78, 5) is 4.60. The van der Waals surface area contributed by atoms with Gasteiger partial charge >= 0.3 is 0 Å². The van der Waals surface area contributed by atoms with E-state index >= 15 is 0 Å². The van der Waals surface area contributed by atoms with Crippen molar-refractivity contribution in [3.8, 4) is 11.6 Å². The molecule has 0 amide bonds. The van der Waals surface area contributed by atoms with Crippen LogP contribution in [-0.2, 0) is 13.6 Å². The number of aryl methyl sites for hydroxylation is 2. The number of fused-ring (bicyclic) bond motifs is 1. The van der Waals surface area contributed by atoms with E-state index < -0.39 is 0 Å². The van der Waals surface area contributed by atoms with Gasteiger partial charge in [-0.3, -0.25) is 0 Å². The Morgan fingerprint density at radius 1 is 1.28 bits per heavy atom. The van der Waals surface area contributed by atoms with E-state index in [1.807, 2.05) is 42.8 Å². The molecule has 0 fully saturated rings. The van der Waals surface area contributed by atoms with Crippen molar-refractivity contribution in [2.24, 2.45) is 12.8 Å². The van der Waals surface area contributed by atoms with E-state index in [0.717, 1.165) is 33.9 Å². The number of nitrogens with zero attached hydrogens (tertiary/aromatic N) is 2. The minimum atomic E-state index is 0.538. The SMILES string of the molecule is Cc1ccc(-c2nc3ccc(CN)cc3n2C)o1. The number of nitrogens with two attached hydrogens (primary N) is 1. The van der Waals surface area contributed by atoms with Crippen LogP contribution < -0.4 is 5.73 Å². The third-order valence-corrected chi connectivity index (χ3v) is 3.14. The Morgan fingerprint density at radius 3 is 2.78 bits per heavy atom. The third kappa shape index (κ3) is 1.62. The number of hydrogen-bond donors (Lipinski definition) is 1. The minimum absolute atomic E-state index is 0.538. The van der Waals surface area contributed by atoms with Gasteiger partial charge in [0.05, 0.1) is 11.0 Å². The maximum absolute atomic E-state index is 5.66. The predicted molar refractivity (Wildman–Crippen MR) is 71.0 cm³/mol. The van der Waals surface area contributed by atoms with Crippen LogP contribution in [0.1, 0.15) is 11.3 Å². The van der Waals surface area contributed by atoms with Crippen LogP contribution in [0.15, 0.2) is 34.7 Å². The highest BCUT2D eigenvalue weighted by atomic mass is 16.3. The minimum Gasteiger partial charge on any atom is -0.458 e. The van der Waals surface area contributed by atoms with Crippen molar-refractivity contribution in [3.63, 3.8) is 0 Å². The first-order chi connectivity index (χ1) is 8.69. The van der Waals surface area contributed by atoms with Crippen molar-refractivity contribution < 1.29 is 4.42 Å². The topological polar surface area (TPSA) is 57.0 Å². The molecule has 3 rings (SSSR count). The van der Waals surface area contributed by atoms with E-state index in [4.69, 9.17) is 10.2 Å². The van der Waals surface area contributed by atoms with Crippen LogP contribution in [0, 0.1) is 6.92 Å². The molecule has 0 aliphatic heterocycles. The lowest BCUT2D eigenvalue weighted by molar-refractivity contribution is 0.542. The Balaban J connectivity index is 2.22.